The number of carbonyl (C=O) groups is 6. The summed E-state index contributed by atoms with van der Waals surface area (Å²) >= 11 is -1.07. The summed E-state index contributed by atoms with van der Waals surface area (Å²) < 4.78 is 72.6. The predicted octanol–water partition coefficient (Wildman–Crippen LogP) is 3.20. The first kappa shape index (κ1) is 89.4. The highest BCUT2D eigenvalue weighted by Crippen LogP contribution is 2.11. The van der Waals surface area contributed by atoms with Gasteiger partial charge in [-0.3, -0.25) is 33.0 Å². The van der Waals surface area contributed by atoms with Crippen molar-refractivity contribution in [2.24, 2.45) is 11.7 Å². The average Bonchev–Trinajstić information content (AvgIpc) is 3.92. The summed E-state index contributed by atoms with van der Waals surface area (Å²) in [6, 6.07) is 0. The number of nitrogens with two attached hydrogens (primary N) is 1. The number of hydrogen-bond donors (Lipinski definition) is 4. The third kappa shape index (κ3) is 79.3. The quantitative estimate of drug-likeness (QED) is 0.0952. The Morgan fingerprint density at radius 3 is 1.31 bits per heavy atom. The van der Waals surface area contributed by atoms with Crippen LogP contribution in [0.25, 0.3) is 0 Å². The molecule has 5 rings (SSSR count). The molecule has 0 spiro atoms. The highest BCUT2D eigenvalue weighted by atomic mass is 32.2. The Hall–Kier alpha value is -4.17. The van der Waals surface area contributed by atoms with Crippen LogP contribution in [0.2, 0.25) is 0 Å². The smallest absolute Gasteiger partial charge is 0.405 e. The second-order valence-corrected chi connectivity index (χ2v) is 13.8. The molecule has 67 heavy (non-hydrogen) atoms. The van der Waals surface area contributed by atoms with Crippen LogP contribution in [-0.2, 0) is 58.2 Å². The average molecular weight is 1010 g/mol. The molecule has 5 heterocycles. The third-order valence-electron chi connectivity index (χ3n) is 6.84. The van der Waals surface area contributed by atoms with Gasteiger partial charge in [-0.05, 0) is 38.8 Å². The maximum absolute atomic E-state index is 11.8. The van der Waals surface area contributed by atoms with Gasteiger partial charge in [-0.2, -0.15) is 13.2 Å². The van der Waals surface area contributed by atoms with Gasteiger partial charge in [0, 0.05) is 80.4 Å². The monoisotopic (exact) mass is 1010 g/mol. The number of ether oxygens (including phenoxy) is 3. The van der Waals surface area contributed by atoms with Crippen LogP contribution in [0, 0.1) is 5.92 Å². The van der Waals surface area contributed by atoms with Crippen molar-refractivity contribution in [1.29, 1.82) is 0 Å². The van der Waals surface area contributed by atoms with Gasteiger partial charge >= 0.3 is 6.18 Å². The zero-order chi connectivity index (χ0) is 47.9. The fraction of sp³-hybridized carbons (Fsp3) is 0.810. The Morgan fingerprint density at radius 1 is 0.821 bits per heavy atom. The van der Waals surface area contributed by atoms with Crippen molar-refractivity contribution < 1.29 is 68.9 Å². The number of amides is 6. The molecule has 6 amide bonds. The standard InChI is InChI=1S/2C5H9NO.C4H6FNO.2C4H7NO.C4H11NO.C3H4F3NO.C3H7NO.C2H7NO.C2H6O2S.6CH4/c1-5-2-6(3-5)4-7;7-5-6-3-1-2-4-6;5-4-1-6(2-4)3-7;1-4-5-2-3-6-4;6-4-5-2-1-3-5;1-5-3-4-6-2;4-3(5,6)1-7-2-8;1-4(2)3-5;1-4-2-3;1-4-5(2)3;;;;;;/h4-5H,2-3H2,1H3;5H,1-4H2;3-4H,1-2H2;5H,1-3H2;4H,1-3H2;5H,3-4H2,1-2H3;2H,1H2,(H,7,8);3H,1-2H3;2-3H2,1H3;1-2H3;6*1H4. The van der Waals surface area contributed by atoms with E-state index in [4.69, 9.17) is 15.2 Å². The van der Waals surface area contributed by atoms with E-state index in [-0.39, 0.29) is 51.0 Å². The van der Waals surface area contributed by atoms with E-state index in [0.29, 0.717) is 32.1 Å². The van der Waals surface area contributed by atoms with Crippen LogP contribution < -0.4 is 21.7 Å². The van der Waals surface area contributed by atoms with Gasteiger partial charge in [0.15, 0.2) is 17.0 Å². The van der Waals surface area contributed by atoms with E-state index in [1.165, 1.54) is 47.7 Å². The molecule has 0 radical (unpaired) electrons. The topological polar surface area (TPSA) is 235 Å². The molecule has 5 N–H and O–H groups in total. The molecular formula is C42H97F4N9O11S. The maximum atomic E-state index is 11.8. The first-order valence-electron chi connectivity index (χ1n) is 18.9. The second kappa shape index (κ2) is 66.1. The van der Waals surface area contributed by atoms with Gasteiger partial charge in [0.2, 0.25) is 38.5 Å². The van der Waals surface area contributed by atoms with Crippen molar-refractivity contribution in [3.63, 3.8) is 0 Å². The number of nitrogens with zero attached hydrogens (tertiary/aromatic N) is 5. The summed E-state index contributed by atoms with van der Waals surface area (Å²) in [7, 11) is 9.92. The summed E-state index contributed by atoms with van der Waals surface area (Å²) in [5.41, 5.74) is 4.81. The number of likely N-dealkylation sites (N-methyl/N-ethyl adjacent to an activating group) is 1. The molecular weight excluding hydrogens is 915 g/mol. The SMILES string of the molecule is C.C.C.C.C.C.C=C1NCCO1.CC1CN(C=O)C1.CN(C)C=O.CNCCOC.COCN.COS(C)=O.O=CN1CC(F)C1.O=CN1CCC1.O=CN1CCCC1.O=CNCC(F)(F)F. The lowest BCUT2D eigenvalue weighted by molar-refractivity contribution is -0.132. The molecule has 0 bridgehead atoms. The molecule has 0 aliphatic carbocycles. The molecule has 1 unspecified atom stereocenters. The van der Waals surface area contributed by atoms with Crippen LogP contribution in [0.4, 0.5) is 17.6 Å². The molecule has 5 saturated heterocycles. The molecule has 5 aliphatic rings. The number of hydrogen-bond acceptors (Lipinski definition) is 14. The maximum Gasteiger partial charge on any atom is 0.405 e. The van der Waals surface area contributed by atoms with Gasteiger partial charge in [-0.1, -0.05) is 51.5 Å². The number of likely N-dealkylation sites (tertiary alicyclic amines) is 4. The molecule has 20 nitrogen and oxygen atoms in total. The summed E-state index contributed by atoms with van der Waals surface area (Å²) in [5, 5.41) is 7.33. The molecule has 410 valence electrons. The third-order valence-corrected chi connectivity index (χ3v) is 7.31. The number of rotatable bonds is 12. The highest BCUT2D eigenvalue weighted by molar-refractivity contribution is 7.79. The van der Waals surface area contributed by atoms with E-state index in [9.17, 15) is 50.5 Å². The van der Waals surface area contributed by atoms with E-state index in [1.54, 1.807) is 43.0 Å². The van der Waals surface area contributed by atoms with Crippen molar-refractivity contribution in [2.45, 2.75) is 83.1 Å². The molecule has 1 atom stereocenters. The van der Waals surface area contributed by atoms with Crippen LogP contribution in [0.3, 0.4) is 0 Å². The summed E-state index contributed by atoms with van der Waals surface area (Å²) in [6.45, 7) is 14.6. The Morgan fingerprint density at radius 2 is 1.21 bits per heavy atom. The van der Waals surface area contributed by atoms with Crippen LogP contribution in [0.1, 0.15) is 70.7 Å². The van der Waals surface area contributed by atoms with Gasteiger partial charge in [0.1, 0.15) is 19.3 Å². The molecule has 0 saturated carbocycles. The van der Waals surface area contributed by atoms with Gasteiger partial charge in [-0.25, -0.2) is 8.60 Å². The Kier molecular flexibility index (Phi) is 88.2. The fourth-order valence-electron chi connectivity index (χ4n) is 3.45. The van der Waals surface area contributed by atoms with Crippen molar-refractivity contribution in [1.82, 2.24) is 40.4 Å². The van der Waals surface area contributed by atoms with Crippen LogP contribution >= 0.6 is 0 Å². The van der Waals surface area contributed by atoms with Crippen molar-refractivity contribution >= 4 is 49.5 Å². The van der Waals surface area contributed by atoms with E-state index in [1.807, 2.05) is 7.05 Å². The lowest BCUT2D eigenvalue weighted by atomic mass is 10.1. The Bertz CT molecular complexity index is 1040. The minimum Gasteiger partial charge on any atom is -0.478 e. The molecule has 0 aromatic rings. The number of nitrogens with one attached hydrogen (secondary N) is 3. The first-order chi connectivity index (χ1) is 28.8. The van der Waals surface area contributed by atoms with Gasteiger partial charge in [0.25, 0.3) is 0 Å². The summed E-state index contributed by atoms with van der Waals surface area (Å²) in [5.74, 6) is 1.44. The van der Waals surface area contributed by atoms with Crippen molar-refractivity contribution in [2.75, 3.05) is 141 Å². The van der Waals surface area contributed by atoms with Crippen LogP contribution in [-0.4, -0.2) is 220 Å². The van der Waals surface area contributed by atoms with Gasteiger partial charge in [0.05, 0.1) is 40.1 Å². The second-order valence-electron chi connectivity index (χ2n) is 12.7. The number of halogens is 4. The normalized spacial score (nSPS) is 14.3. The largest absolute Gasteiger partial charge is 0.478 e. The molecule has 0 aromatic heterocycles. The number of methoxy groups -OCH3 is 2. The van der Waals surface area contributed by atoms with Gasteiger partial charge < -0.3 is 60.4 Å². The molecule has 25 heteroatoms. The molecule has 0 aromatic carbocycles. The number of alkyl halides is 4. The molecule has 5 fully saturated rings. The minimum absolute atomic E-state index is 0. The molecule has 5 aliphatic heterocycles. The summed E-state index contributed by atoms with van der Waals surface area (Å²) in [6.07, 6.45) is 4.14. The van der Waals surface area contributed by atoms with E-state index in [0.717, 1.165) is 97.1 Å². The number of carbonyl (C=O) groups excluding carboxylic acids is 6. The zero-order valence-corrected chi connectivity index (χ0v) is 37.9. The van der Waals surface area contributed by atoms with Crippen LogP contribution in [0.5, 0.6) is 0 Å². The van der Waals surface area contributed by atoms with E-state index >= 15 is 0 Å². The lowest BCUT2D eigenvalue weighted by Gasteiger charge is -2.33. The summed E-state index contributed by atoms with van der Waals surface area (Å²) in [4.78, 5) is 66.0. The van der Waals surface area contributed by atoms with E-state index in [2.05, 4.69) is 33.1 Å². The highest BCUT2D eigenvalue weighted by Gasteiger charge is 2.26. The Labute approximate surface area is 406 Å². The minimum atomic E-state index is -4.29. The van der Waals surface area contributed by atoms with Gasteiger partial charge in [-0.15, -0.1) is 0 Å². The lowest BCUT2D eigenvalue weighted by Crippen LogP contribution is -2.47. The first-order valence-corrected chi connectivity index (χ1v) is 20.4. The van der Waals surface area contributed by atoms with Crippen molar-refractivity contribution in [3.05, 3.63) is 12.5 Å². The predicted molar refractivity (Wildman–Crippen MR) is 265 cm³/mol. The van der Waals surface area contributed by atoms with E-state index < -0.39 is 30.0 Å². The van der Waals surface area contributed by atoms with Crippen LogP contribution in [0.15, 0.2) is 12.5 Å². The van der Waals surface area contributed by atoms with Crippen molar-refractivity contribution in [3.8, 4) is 0 Å². The fourth-order valence-corrected chi connectivity index (χ4v) is 3.45. The Balaban J connectivity index is -0.0000000575. The zero-order valence-electron chi connectivity index (χ0n) is 37.1.